The Bertz CT molecular complexity index is 693. The Kier molecular flexibility index (Phi) is 3.82. The van der Waals surface area contributed by atoms with E-state index in [4.69, 9.17) is 16.6 Å². The molecule has 0 bridgehead atoms. The van der Waals surface area contributed by atoms with Gasteiger partial charge in [0.2, 0.25) is 0 Å². The second kappa shape index (κ2) is 5.53. The molecule has 0 aliphatic heterocycles. The molecule has 0 atom stereocenters. The number of aryl methyl sites for hydroxylation is 1. The van der Waals surface area contributed by atoms with Crippen molar-refractivity contribution in [3.05, 3.63) is 57.9 Å². The van der Waals surface area contributed by atoms with E-state index in [9.17, 15) is 9.90 Å². The smallest absolute Gasteiger partial charge is 0.348 e. The molecule has 2 aromatic heterocycles. The maximum absolute atomic E-state index is 11.5. The summed E-state index contributed by atoms with van der Waals surface area (Å²) in [5.74, 6) is 0.145. The van der Waals surface area contributed by atoms with E-state index in [0.29, 0.717) is 16.3 Å². The molecular weight excluding hydrogens is 264 g/mol. The predicted molar refractivity (Wildman–Crippen MR) is 74.9 cm³/mol. The zero-order chi connectivity index (χ0) is 13.8. The summed E-state index contributed by atoms with van der Waals surface area (Å²) in [6, 6.07) is 4.76. The van der Waals surface area contributed by atoms with Gasteiger partial charge in [-0.3, -0.25) is 4.98 Å². The number of aliphatic imine (C=N–C) groups is 1. The molecule has 2 rings (SSSR count). The van der Waals surface area contributed by atoms with Crippen molar-refractivity contribution in [1.29, 1.82) is 0 Å². The summed E-state index contributed by atoms with van der Waals surface area (Å²) in [4.78, 5) is 19.7. The van der Waals surface area contributed by atoms with Crippen molar-refractivity contribution in [2.75, 3.05) is 0 Å². The number of rotatable bonds is 2. The lowest BCUT2D eigenvalue weighted by Gasteiger charge is -1.99. The van der Waals surface area contributed by atoms with Crippen molar-refractivity contribution in [1.82, 2.24) is 4.98 Å². The van der Waals surface area contributed by atoms with Gasteiger partial charge in [-0.2, -0.15) is 0 Å². The van der Waals surface area contributed by atoms with E-state index < -0.39 is 5.63 Å². The fraction of sp³-hybridized carbons (Fsp3) is 0.0769. The first kappa shape index (κ1) is 13.1. The molecule has 5 nitrogen and oxygen atoms in total. The summed E-state index contributed by atoms with van der Waals surface area (Å²) in [6.45, 7) is 1.57. The third-order valence-corrected chi connectivity index (χ3v) is 2.67. The molecule has 96 valence electrons. The molecule has 0 aliphatic rings. The molecule has 0 unspecified atom stereocenters. The number of hydrogen-bond donors (Lipinski definition) is 1. The molecule has 0 aliphatic carbocycles. The Labute approximate surface area is 114 Å². The first-order chi connectivity index (χ1) is 9.08. The van der Waals surface area contributed by atoms with Gasteiger partial charge in [0.25, 0.3) is 0 Å². The molecule has 2 heterocycles. The minimum atomic E-state index is -0.654. The van der Waals surface area contributed by atoms with Crippen molar-refractivity contribution < 1.29 is 9.52 Å². The van der Waals surface area contributed by atoms with Gasteiger partial charge in [-0.15, -0.1) is 0 Å². The van der Waals surface area contributed by atoms with Crippen LogP contribution in [0.2, 0.25) is 0 Å². The Morgan fingerprint density at radius 1 is 1.47 bits per heavy atom. The summed E-state index contributed by atoms with van der Waals surface area (Å²) in [5.41, 5.74) is 0.0259. The summed E-state index contributed by atoms with van der Waals surface area (Å²) >= 11 is 5.09. The fourth-order valence-electron chi connectivity index (χ4n) is 1.42. The lowest BCUT2D eigenvalue weighted by atomic mass is 10.2. The Morgan fingerprint density at radius 3 is 2.79 bits per heavy atom. The summed E-state index contributed by atoms with van der Waals surface area (Å²) in [6.07, 6.45) is 4.38. The molecule has 0 amide bonds. The van der Waals surface area contributed by atoms with Crippen LogP contribution in [0.25, 0.3) is 0 Å². The van der Waals surface area contributed by atoms with Crippen LogP contribution in [-0.2, 0) is 0 Å². The van der Waals surface area contributed by atoms with E-state index in [1.54, 1.807) is 31.5 Å². The van der Waals surface area contributed by atoms with Crippen LogP contribution >= 0.6 is 12.2 Å². The van der Waals surface area contributed by atoms with Gasteiger partial charge >= 0.3 is 5.63 Å². The monoisotopic (exact) mass is 274 g/mol. The zero-order valence-electron chi connectivity index (χ0n) is 10.0. The average molecular weight is 274 g/mol. The second-order valence-electron chi connectivity index (χ2n) is 3.74. The van der Waals surface area contributed by atoms with Crippen molar-refractivity contribution in [2.24, 2.45) is 4.99 Å². The molecule has 0 spiro atoms. The van der Waals surface area contributed by atoms with Gasteiger partial charge in [-0.05, 0) is 19.1 Å². The molecule has 2 aromatic rings. The van der Waals surface area contributed by atoms with E-state index >= 15 is 0 Å². The van der Waals surface area contributed by atoms with Crippen LogP contribution in [-0.4, -0.2) is 21.3 Å². The van der Waals surface area contributed by atoms with E-state index in [0.717, 1.165) is 0 Å². The molecule has 0 saturated heterocycles. The minimum Gasteiger partial charge on any atom is -0.507 e. The van der Waals surface area contributed by atoms with Gasteiger partial charge in [0, 0.05) is 30.2 Å². The quantitative estimate of drug-likeness (QED) is 0.668. The van der Waals surface area contributed by atoms with Crippen LogP contribution in [0.4, 0.5) is 0 Å². The van der Waals surface area contributed by atoms with E-state index in [-0.39, 0.29) is 11.3 Å². The van der Waals surface area contributed by atoms with Gasteiger partial charge in [0.05, 0.1) is 0 Å². The van der Waals surface area contributed by atoms with Crippen LogP contribution in [0.3, 0.4) is 0 Å². The van der Waals surface area contributed by atoms with Crippen LogP contribution in [0.15, 0.2) is 44.8 Å². The molecule has 19 heavy (non-hydrogen) atoms. The first-order valence-corrected chi connectivity index (χ1v) is 5.81. The van der Waals surface area contributed by atoms with Gasteiger partial charge in [0.1, 0.15) is 22.1 Å². The largest absolute Gasteiger partial charge is 0.507 e. The number of pyridine rings is 1. The summed E-state index contributed by atoms with van der Waals surface area (Å²) in [5, 5.41) is 9.65. The van der Waals surface area contributed by atoms with Crippen molar-refractivity contribution >= 4 is 23.4 Å². The highest BCUT2D eigenvalue weighted by atomic mass is 32.1. The summed E-state index contributed by atoms with van der Waals surface area (Å²) < 4.78 is 4.87. The van der Waals surface area contributed by atoms with Crippen molar-refractivity contribution in [2.45, 2.75) is 6.92 Å². The molecule has 0 saturated carbocycles. The normalized spacial score (nSPS) is 10.8. The highest BCUT2D eigenvalue weighted by molar-refractivity contribution is 7.80. The summed E-state index contributed by atoms with van der Waals surface area (Å²) in [7, 11) is 0. The topological polar surface area (TPSA) is 75.7 Å². The number of hydrogen-bond acceptors (Lipinski definition) is 5. The van der Waals surface area contributed by atoms with Crippen LogP contribution in [0, 0.1) is 6.92 Å². The Hall–Kier alpha value is -2.34. The van der Waals surface area contributed by atoms with Crippen molar-refractivity contribution in [3.63, 3.8) is 0 Å². The maximum Gasteiger partial charge on any atom is 0.348 e. The molecule has 0 fully saturated rings. The third kappa shape index (κ3) is 3.11. The molecular formula is C13H10N2O3S. The first-order valence-electron chi connectivity index (χ1n) is 5.40. The number of nitrogens with zero attached hydrogens (tertiary/aromatic N) is 2. The number of thiocarbonyl (C=S) groups is 1. The Balaban J connectivity index is 2.30. The molecule has 6 heteroatoms. The highest BCUT2D eigenvalue weighted by Gasteiger charge is 2.07. The molecule has 0 radical (unpaired) electrons. The average Bonchev–Trinajstić information content (AvgIpc) is 2.38. The maximum atomic E-state index is 11.5. The van der Waals surface area contributed by atoms with E-state index in [1.807, 2.05) is 0 Å². The zero-order valence-corrected chi connectivity index (χ0v) is 10.8. The van der Waals surface area contributed by atoms with Crippen molar-refractivity contribution in [3.8, 4) is 5.75 Å². The SMILES string of the molecule is Cc1cc(O)c(C=NC(=S)c2ccncc2)c(=O)o1. The predicted octanol–water partition coefficient (Wildman–Crippen LogP) is 1.84. The number of aromatic nitrogens is 1. The lowest BCUT2D eigenvalue weighted by Crippen LogP contribution is -2.08. The molecule has 0 aromatic carbocycles. The lowest BCUT2D eigenvalue weighted by molar-refractivity contribution is 0.433. The van der Waals surface area contributed by atoms with Gasteiger partial charge in [0.15, 0.2) is 0 Å². The van der Waals surface area contributed by atoms with E-state index in [2.05, 4.69) is 9.98 Å². The van der Waals surface area contributed by atoms with Gasteiger partial charge in [-0.25, -0.2) is 9.79 Å². The Morgan fingerprint density at radius 2 is 2.16 bits per heavy atom. The minimum absolute atomic E-state index is 0.0259. The van der Waals surface area contributed by atoms with Crippen LogP contribution in [0.1, 0.15) is 16.9 Å². The van der Waals surface area contributed by atoms with E-state index in [1.165, 1.54) is 12.3 Å². The second-order valence-corrected chi connectivity index (χ2v) is 4.13. The van der Waals surface area contributed by atoms with Gasteiger partial charge in [-0.1, -0.05) is 12.2 Å². The fourth-order valence-corrected chi connectivity index (χ4v) is 1.61. The van der Waals surface area contributed by atoms with Crippen LogP contribution in [0.5, 0.6) is 5.75 Å². The highest BCUT2D eigenvalue weighted by Crippen LogP contribution is 2.12. The van der Waals surface area contributed by atoms with Gasteiger partial charge < -0.3 is 9.52 Å². The standard InChI is InChI=1S/C13H10N2O3S/c1-8-6-11(16)10(13(17)18-8)7-15-12(19)9-2-4-14-5-3-9/h2-7,16H,1H3. The molecule has 1 N–H and O–H groups in total. The third-order valence-electron chi connectivity index (χ3n) is 2.33. The number of aromatic hydroxyl groups is 1. The van der Waals surface area contributed by atoms with Crippen LogP contribution < -0.4 is 5.63 Å².